The zero-order valence-electron chi connectivity index (χ0n) is 6.85. The van der Waals surface area contributed by atoms with Gasteiger partial charge >= 0.3 is 0 Å². The monoisotopic (exact) mass is 178 g/mol. The molecule has 0 saturated carbocycles. The van der Waals surface area contributed by atoms with Crippen molar-refractivity contribution in [3.8, 4) is 0 Å². The lowest BCUT2D eigenvalue weighted by Crippen LogP contribution is -2.48. The molecule has 1 heterocycles. The Balaban J connectivity index is 2.12. The van der Waals surface area contributed by atoms with Crippen LogP contribution in [0.3, 0.4) is 0 Å². The summed E-state index contributed by atoms with van der Waals surface area (Å²) in [6, 6.07) is 0. The van der Waals surface area contributed by atoms with Gasteiger partial charge in [0.25, 0.3) is 0 Å². The van der Waals surface area contributed by atoms with E-state index in [2.05, 4.69) is 17.4 Å². The van der Waals surface area contributed by atoms with E-state index < -0.39 is 0 Å². The largest absolute Gasteiger partial charge is 0.360 e. The molecule has 1 aliphatic heterocycles. The van der Waals surface area contributed by atoms with Crippen LogP contribution in [0.2, 0.25) is 0 Å². The van der Waals surface area contributed by atoms with Crippen molar-refractivity contribution in [2.45, 2.75) is 18.9 Å². The number of hydrazine groups is 1. The Morgan fingerprint density at radius 1 is 1.73 bits per heavy atom. The van der Waals surface area contributed by atoms with Crippen molar-refractivity contribution in [3.05, 3.63) is 0 Å². The Labute approximate surface area is 72.6 Å². The average molecular weight is 179 g/mol. The summed E-state index contributed by atoms with van der Waals surface area (Å²) in [5.41, 5.74) is 3.13. The van der Waals surface area contributed by atoms with E-state index in [0.29, 0.717) is 0 Å². The number of nitrogens with zero attached hydrogens (tertiary/aromatic N) is 1. The van der Waals surface area contributed by atoms with Crippen LogP contribution >= 0.6 is 11.6 Å². The van der Waals surface area contributed by atoms with Crippen molar-refractivity contribution in [2.75, 3.05) is 26.2 Å². The third kappa shape index (κ3) is 3.38. The summed E-state index contributed by atoms with van der Waals surface area (Å²) in [6.07, 6.45) is 1.14. The number of rotatable bonds is 3. The number of halogens is 1. The first kappa shape index (κ1) is 9.26. The van der Waals surface area contributed by atoms with E-state index in [-0.39, 0.29) is 5.56 Å². The van der Waals surface area contributed by atoms with Gasteiger partial charge in [0.1, 0.15) is 5.56 Å². The van der Waals surface area contributed by atoms with Gasteiger partial charge in [-0.15, -0.1) is 0 Å². The SMILES string of the molecule is CCCNN1CCOC(Cl)C1. The Kier molecular flexibility index (Phi) is 4.15. The lowest BCUT2D eigenvalue weighted by atomic mass is 10.5. The summed E-state index contributed by atoms with van der Waals surface area (Å²) in [7, 11) is 0. The standard InChI is InChI=1S/C7H15ClN2O/c1-2-3-9-10-4-5-11-7(8)6-10/h7,9H,2-6H2,1H3. The molecule has 11 heavy (non-hydrogen) atoms. The Morgan fingerprint density at radius 3 is 3.18 bits per heavy atom. The lowest BCUT2D eigenvalue weighted by molar-refractivity contribution is -0.00893. The van der Waals surface area contributed by atoms with Crippen LogP contribution in [0.4, 0.5) is 0 Å². The zero-order chi connectivity index (χ0) is 8.10. The fourth-order valence-electron chi connectivity index (χ4n) is 1.02. The third-order valence-electron chi connectivity index (χ3n) is 1.61. The summed E-state index contributed by atoms with van der Waals surface area (Å²) in [5.74, 6) is 0. The van der Waals surface area contributed by atoms with Crippen molar-refractivity contribution in [2.24, 2.45) is 0 Å². The maximum absolute atomic E-state index is 5.79. The van der Waals surface area contributed by atoms with Crippen LogP contribution in [0.5, 0.6) is 0 Å². The minimum Gasteiger partial charge on any atom is -0.360 e. The maximum Gasteiger partial charge on any atom is 0.145 e. The van der Waals surface area contributed by atoms with Crippen molar-refractivity contribution in [3.63, 3.8) is 0 Å². The van der Waals surface area contributed by atoms with E-state index in [0.717, 1.165) is 32.7 Å². The molecule has 66 valence electrons. The van der Waals surface area contributed by atoms with Gasteiger partial charge in [0, 0.05) is 13.1 Å². The molecular weight excluding hydrogens is 164 g/mol. The summed E-state index contributed by atoms with van der Waals surface area (Å²) < 4.78 is 5.17. The van der Waals surface area contributed by atoms with Crippen LogP contribution in [-0.2, 0) is 4.74 Å². The smallest absolute Gasteiger partial charge is 0.145 e. The van der Waals surface area contributed by atoms with Crippen LogP contribution in [0.25, 0.3) is 0 Å². The van der Waals surface area contributed by atoms with E-state index in [1.54, 1.807) is 0 Å². The Bertz CT molecular complexity index is 113. The highest BCUT2D eigenvalue weighted by Crippen LogP contribution is 2.05. The number of alkyl halides is 1. The second kappa shape index (κ2) is 4.93. The molecule has 0 aromatic heterocycles. The number of hydrogen-bond donors (Lipinski definition) is 1. The predicted molar refractivity (Wildman–Crippen MR) is 45.5 cm³/mol. The Morgan fingerprint density at radius 2 is 2.55 bits per heavy atom. The molecule has 1 unspecified atom stereocenters. The molecule has 3 nitrogen and oxygen atoms in total. The fraction of sp³-hybridized carbons (Fsp3) is 1.00. The quantitative estimate of drug-likeness (QED) is 0.648. The number of morpholine rings is 1. The first-order chi connectivity index (χ1) is 5.33. The molecule has 0 bridgehead atoms. The molecule has 1 aliphatic rings. The second-order valence-electron chi connectivity index (χ2n) is 2.63. The van der Waals surface area contributed by atoms with E-state index in [9.17, 15) is 0 Å². The first-order valence-electron chi connectivity index (χ1n) is 4.07. The van der Waals surface area contributed by atoms with Gasteiger partial charge in [-0.2, -0.15) is 0 Å². The van der Waals surface area contributed by atoms with Gasteiger partial charge in [-0.1, -0.05) is 18.5 Å². The molecule has 4 heteroatoms. The van der Waals surface area contributed by atoms with Crippen LogP contribution in [0, 0.1) is 0 Å². The van der Waals surface area contributed by atoms with Crippen LogP contribution < -0.4 is 5.43 Å². The lowest BCUT2D eigenvalue weighted by Gasteiger charge is -2.30. The second-order valence-corrected chi connectivity index (χ2v) is 3.12. The minimum atomic E-state index is -0.145. The molecule has 0 aliphatic carbocycles. The third-order valence-corrected chi connectivity index (χ3v) is 1.87. The minimum absolute atomic E-state index is 0.145. The number of hydrogen-bond acceptors (Lipinski definition) is 3. The summed E-state index contributed by atoms with van der Waals surface area (Å²) in [6.45, 7) is 5.60. The van der Waals surface area contributed by atoms with Crippen LogP contribution in [0.1, 0.15) is 13.3 Å². The summed E-state index contributed by atoms with van der Waals surface area (Å²) in [4.78, 5) is 0. The normalized spacial score (nSPS) is 27.3. The van der Waals surface area contributed by atoms with E-state index >= 15 is 0 Å². The van der Waals surface area contributed by atoms with Gasteiger partial charge in [-0.3, -0.25) is 5.43 Å². The van der Waals surface area contributed by atoms with Gasteiger partial charge in [-0.25, -0.2) is 5.01 Å². The van der Waals surface area contributed by atoms with Crippen molar-refractivity contribution >= 4 is 11.6 Å². The molecule has 0 radical (unpaired) electrons. The molecule has 1 atom stereocenters. The van der Waals surface area contributed by atoms with E-state index in [1.165, 1.54) is 0 Å². The Hall–Kier alpha value is 0.170. The maximum atomic E-state index is 5.79. The summed E-state index contributed by atoms with van der Waals surface area (Å²) >= 11 is 5.79. The highest BCUT2D eigenvalue weighted by molar-refractivity contribution is 6.19. The zero-order valence-corrected chi connectivity index (χ0v) is 7.60. The van der Waals surface area contributed by atoms with E-state index in [4.69, 9.17) is 16.3 Å². The number of nitrogens with one attached hydrogen (secondary N) is 1. The van der Waals surface area contributed by atoms with E-state index in [1.807, 2.05) is 0 Å². The molecule has 1 fully saturated rings. The topological polar surface area (TPSA) is 24.5 Å². The average Bonchev–Trinajstić information content (AvgIpc) is 2.01. The van der Waals surface area contributed by atoms with Gasteiger partial charge in [0.05, 0.1) is 13.2 Å². The van der Waals surface area contributed by atoms with Gasteiger partial charge < -0.3 is 4.74 Å². The van der Waals surface area contributed by atoms with Gasteiger partial charge in [-0.05, 0) is 6.42 Å². The molecule has 0 spiro atoms. The molecule has 1 N–H and O–H groups in total. The number of ether oxygens (including phenoxy) is 1. The molecule has 0 aromatic carbocycles. The van der Waals surface area contributed by atoms with Gasteiger partial charge in [0.2, 0.25) is 0 Å². The molecule has 0 aromatic rings. The van der Waals surface area contributed by atoms with Crippen molar-refractivity contribution in [1.82, 2.24) is 10.4 Å². The highest BCUT2D eigenvalue weighted by atomic mass is 35.5. The van der Waals surface area contributed by atoms with Gasteiger partial charge in [0.15, 0.2) is 0 Å². The van der Waals surface area contributed by atoms with Crippen LogP contribution in [-0.4, -0.2) is 36.8 Å². The van der Waals surface area contributed by atoms with Crippen molar-refractivity contribution < 1.29 is 4.74 Å². The fourth-order valence-corrected chi connectivity index (χ4v) is 1.28. The molecule has 0 amide bonds. The van der Waals surface area contributed by atoms with Crippen LogP contribution in [0.15, 0.2) is 0 Å². The molecule has 1 rings (SSSR count). The predicted octanol–water partition coefficient (Wildman–Crippen LogP) is 0.798. The first-order valence-corrected chi connectivity index (χ1v) is 4.50. The highest BCUT2D eigenvalue weighted by Gasteiger charge is 2.16. The molecular formula is C7H15ClN2O. The molecule has 1 saturated heterocycles. The van der Waals surface area contributed by atoms with Crippen molar-refractivity contribution in [1.29, 1.82) is 0 Å². The summed E-state index contributed by atoms with van der Waals surface area (Å²) in [5, 5.41) is 2.12.